The molecule has 2 aromatic carbocycles. The van der Waals surface area contributed by atoms with Gasteiger partial charge in [-0.2, -0.15) is 0 Å². The van der Waals surface area contributed by atoms with E-state index in [0.29, 0.717) is 24.7 Å². The summed E-state index contributed by atoms with van der Waals surface area (Å²) in [5.41, 5.74) is 5.55. The molecule has 4 aromatic rings. The number of aromatic amines is 1. The molecule has 0 spiro atoms. The lowest BCUT2D eigenvalue weighted by Crippen LogP contribution is -2.30. The van der Waals surface area contributed by atoms with Crippen LogP contribution in [0.4, 0.5) is 11.4 Å². The predicted molar refractivity (Wildman–Crippen MR) is 118 cm³/mol. The van der Waals surface area contributed by atoms with E-state index >= 15 is 0 Å². The van der Waals surface area contributed by atoms with Crippen molar-refractivity contribution in [3.63, 3.8) is 0 Å². The fourth-order valence-electron chi connectivity index (χ4n) is 3.85. The Bertz CT molecular complexity index is 1160. The molecule has 1 aliphatic carbocycles. The van der Waals surface area contributed by atoms with Crippen LogP contribution >= 0.6 is 0 Å². The van der Waals surface area contributed by atoms with E-state index in [2.05, 4.69) is 15.5 Å². The standard InChI is InChI=1S/C24H24N4O2/c1-2-28(24(29)22-12-17-6-3-4-9-21(17)26-22)20-8-5-7-19(13-20)25-14-18-15-30-27-23(18)16-10-11-16/h3-9,12-13,15-16,25-26H,2,10-11,14H2,1H3. The van der Waals surface area contributed by atoms with Crippen molar-refractivity contribution in [1.29, 1.82) is 0 Å². The van der Waals surface area contributed by atoms with Crippen LogP contribution in [0.15, 0.2) is 65.4 Å². The molecule has 1 saturated carbocycles. The maximum atomic E-state index is 13.2. The van der Waals surface area contributed by atoms with E-state index in [-0.39, 0.29) is 5.91 Å². The number of anilines is 2. The molecular formula is C24H24N4O2. The Balaban J connectivity index is 1.34. The number of carbonyl (C=O) groups excluding carboxylic acids is 1. The fourth-order valence-corrected chi connectivity index (χ4v) is 3.85. The zero-order chi connectivity index (χ0) is 20.5. The molecule has 152 valence electrons. The zero-order valence-corrected chi connectivity index (χ0v) is 16.9. The van der Waals surface area contributed by atoms with Crippen molar-refractivity contribution in [2.24, 2.45) is 0 Å². The van der Waals surface area contributed by atoms with Crippen molar-refractivity contribution in [1.82, 2.24) is 10.1 Å². The van der Waals surface area contributed by atoms with E-state index < -0.39 is 0 Å². The number of amides is 1. The van der Waals surface area contributed by atoms with Gasteiger partial charge in [0.05, 0.1) is 5.69 Å². The number of fused-ring (bicyclic) bond motifs is 1. The summed E-state index contributed by atoms with van der Waals surface area (Å²) < 4.78 is 5.17. The van der Waals surface area contributed by atoms with Gasteiger partial charge < -0.3 is 19.7 Å². The molecular weight excluding hydrogens is 376 g/mol. The van der Waals surface area contributed by atoms with Crippen LogP contribution in [0.2, 0.25) is 0 Å². The largest absolute Gasteiger partial charge is 0.381 e. The molecule has 1 fully saturated rings. The van der Waals surface area contributed by atoms with Crippen LogP contribution in [-0.4, -0.2) is 22.6 Å². The van der Waals surface area contributed by atoms with Gasteiger partial charge in [0.25, 0.3) is 5.91 Å². The molecule has 0 radical (unpaired) electrons. The van der Waals surface area contributed by atoms with E-state index in [9.17, 15) is 4.79 Å². The second-order valence-corrected chi connectivity index (χ2v) is 7.72. The van der Waals surface area contributed by atoms with Crippen molar-refractivity contribution >= 4 is 28.2 Å². The molecule has 2 aromatic heterocycles. The number of rotatable bonds is 7. The number of hydrogen-bond donors (Lipinski definition) is 2. The van der Waals surface area contributed by atoms with Gasteiger partial charge in [0.1, 0.15) is 12.0 Å². The van der Waals surface area contributed by atoms with Gasteiger partial charge in [0, 0.05) is 46.8 Å². The van der Waals surface area contributed by atoms with E-state index in [1.807, 2.05) is 61.5 Å². The number of aromatic nitrogens is 2. The Morgan fingerprint density at radius 1 is 1.20 bits per heavy atom. The molecule has 2 heterocycles. The highest BCUT2D eigenvalue weighted by Crippen LogP contribution is 2.40. The van der Waals surface area contributed by atoms with Crippen molar-refractivity contribution < 1.29 is 9.32 Å². The maximum absolute atomic E-state index is 13.2. The fraction of sp³-hybridized carbons (Fsp3) is 0.250. The topological polar surface area (TPSA) is 74.2 Å². The molecule has 6 heteroatoms. The van der Waals surface area contributed by atoms with Gasteiger partial charge in [-0.1, -0.05) is 29.4 Å². The lowest BCUT2D eigenvalue weighted by molar-refractivity contribution is 0.0984. The second-order valence-electron chi connectivity index (χ2n) is 7.72. The lowest BCUT2D eigenvalue weighted by Gasteiger charge is -2.21. The number of H-pyrrole nitrogens is 1. The highest BCUT2D eigenvalue weighted by Gasteiger charge is 2.29. The minimum atomic E-state index is -0.0408. The highest BCUT2D eigenvalue weighted by molar-refractivity contribution is 6.07. The molecule has 6 nitrogen and oxygen atoms in total. The van der Waals surface area contributed by atoms with Crippen LogP contribution < -0.4 is 10.2 Å². The number of nitrogens with zero attached hydrogens (tertiary/aromatic N) is 2. The average Bonchev–Trinajstić information content (AvgIpc) is 3.34. The first-order valence-corrected chi connectivity index (χ1v) is 10.4. The van der Waals surface area contributed by atoms with Crippen LogP contribution in [-0.2, 0) is 6.54 Å². The second kappa shape index (κ2) is 7.71. The normalized spacial score (nSPS) is 13.5. The average molecular weight is 400 g/mol. The summed E-state index contributed by atoms with van der Waals surface area (Å²) >= 11 is 0. The molecule has 0 bridgehead atoms. The summed E-state index contributed by atoms with van der Waals surface area (Å²) in [6.45, 7) is 3.22. The Hall–Kier alpha value is -3.54. The van der Waals surface area contributed by atoms with Gasteiger partial charge in [-0.05, 0) is 50.1 Å². The first-order chi connectivity index (χ1) is 14.7. The number of nitrogens with one attached hydrogen (secondary N) is 2. The summed E-state index contributed by atoms with van der Waals surface area (Å²) in [5.74, 6) is 0.511. The first kappa shape index (κ1) is 18.5. The molecule has 1 amide bonds. The lowest BCUT2D eigenvalue weighted by atomic mass is 10.1. The molecule has 1 aliphatic rings. The quantitative estimate of drug-likeness (QED) is 0.441. The number of para-hydroxylation sites is 1. The summed E-state index contributed by atoms with van der Waals surface area (Å²) in [6, 6.07) is 17.8. The highest BCUT2D eigenvalue weighted by atomic mass is 16.5. The third-order valence-electron chi connectivity index (χ3n) is 5.60. The van der Waals surface area contributed by atoms with Crippen LogP contribution in [0.5, 0.6) is 0 Å². The van der Waals surface area contributed by atoms with Gasteiger partial charge in [0.15, 0.2) is 0 Å². The van der Waals surface area contributed by atoms with Crippen LogP contribution in [0.1, 0.15) is 47.4 Å². The van der Waals surface area contributed by atoms with Gasteiger partial charge in [-0.15, -0.1) is 0 Å². The SMILES string of the molecule is CCN(C(=O)c1cc2ccccc2[nH]1)c1cccc(NCc2conc2C2CC2)c1. The van der Waals surface area contributed by atoms with E-state index in [4.69, 9.17) is 4.52 Å². The van der Waals surface area contributed by atoms with Crippen molar-refractivity contribution in [2.75, 3.05) is 16.8 Å². The zero-order valence-electron chi connectivity index (χ0n) is 16.9. The Labute approximate surface area is 174 Å². The van der Waals surface area contributed by atoms with Crippen molar-refractivity contribution in [3.05, 3.63) is 77.8 Å². The molecule has 0 aliphatic heterocycles. The van der Waals surface area contributed by atoms with Crippen molar-refractivity contribution in [3.8, 4) is 0 Å². The van der Waals surface area contributed by atoms with Crippen molar-refractivity contribution in [2.45, 2.75) is 32.2 Å². The molecule has 0 saturated heterocycles. The molecule has 0 atom stereocenters. The molecule has 0 unspecified atom stereocenters. The monoisotopic (exact) mass is 400 g/mol. The third-order valence-corrected chi connectivity index (χ3v) is 5.60. The van der Waals surface area contributed by atoms with Gasteiger partial charge in [0.2, 0.25) is 0 Å². The van der Waals surface area contributed by atoms with E-state index in [1.165, 1.54) is 12.8 Å². The minimum Gasteiger partial charge on any atom is -0.381 e. The molecule has 5 rings (SSSR count). The van der Waals surface area contributed by atoms with Crippen LogP contribution in [0, 0.1) is 0 Å². The predicted octanol–water partition coefficient (Wildman–Crippen LogP) is 5.31. The first-order valence-electron chi connectivity index (χ1n) is 10.4. The Kier molecular flexibility index (Phi) is 4.75. The smallest absolute Gasteiger partial charge is 0.274 e. The van der Waals surface area contributed by atoms with Gasteiger partial charge >= 0.3 is 0 Å². The summed E-state index contributed by atoms with van der Waals surface area (Å²) in [7, 11) is 0. The summed E-state index contributed by atoms with van der Waals surface area (Å²) in [4.78, 5) is 18.2. The maximum Gasteiger partial charge on any atom is 0.274 e. The number of hydrogen-bond acceptors (Lipinski definition) is 4. The minimum absolute atomic E-state index is 0.0408. The number of carbonyl (C=O) groups is 1. The van der Waals surface area contributed by atoms with Gasteiger partial charge in [-0.25, -0.2) is 0 Å². The van der Waals surface area contributed by atoms with E-state index in [1.54, 1.807) is 11.2 Å². The van der Waals surface area contributed by atoms with Gasteiger partial charge in [-0.3, -0.25) is 4.79 Å². The molecule has 30 heavy (non-hydrogen) atoms. The number of benzene rings is 2. The third kappa shape index (κ3) is 3.56. The van der Waals surface area contributed by atoms with Crippen LogP contribution in [0.3, 0.4) is 0 Å². The van der Waals surface area contributed by atoms with E-state index in [0.717, 1.165) is 33.5 Å². The summed E-state index contributed by atoms with van der Waals surface area (Å²) in [5, 5.41) is 8.63. The summed E-state index contributed by atoms with van der Waals surface area (Å²) in [6.07, 6.45) is 4.11. The Morgan fingerprint density at radius 3 is 2.87 bits per heavy atom. The van der Waals surface area contributed by atoms with Crippen LogP contribution in [0.25, 0.3) is 10.9 Å². The molecule has 2 N–H and O–H groups in total. The Morgan fingerprint density at radius 2 is 2.07 bits per heavy atom.